The average molecular weight is 333 g/mol. The van der Waals surface area contributed by atoms with E-state index in [0.29, 0.717) is 22.0 Å². The molecule has 5 nitrogen and oxygen atoms in total. The number of hydrogen-bond donors (Lipinski definition) is 2. The molecule has 0 bridgehead atoms. The molecular weight excluding hydrogens is 316 g/mol. The largest absolute Gasteiger partial charge is 0.497 e. The Morgan fingerprint density at radius 1 is 1.13 bits per heavy atom. The number of ether oxygens (including phenoxy) is 1. The highest BCUT2D eigenvalue weighted by Gasteiger charge is 2.09. The molecule has 0 saturated heterocycles. The lowest BCUT2D eigenvalue weighted by atomic mass is 10.2. The van der Waals surface area contributed by atoms with Crippen molar-refractivity contribution in [1.82, 2.24) is 5.32 Å². The summed E-state index contributed by atoms with van der Waals surface area (Å²) < 4.78 is 5.02. The van der Waals surface area contributed by atoms with Crippen molar-refractivity contribution < 1.29 is 14.3 Å². The van der Waals surface area contributed by atoms with Gasteiger partial charge in [-0.15, -0.1) is 0 Å². The number of rotatable bonds is 5. The number of amides is 2. The van der Waals surface area contributed by atoms with Crippen LogP contribution in [0.1, 0.15) is 15.9 Å². The summed E-state index contributed by atoms with van der Waals surface area (Å²) in [4.78, 5) is 23.8. The zero-order valence-electron chi connectivity index (χ0n) is 12.9. The molecule has 2 aromatic carbocycles. The second-order valence-electron chi connectivity index (χ2n) is 4.92. The van der Waals surface area contributed by atoms with E-state index < -0.39 is 0 Å². The van der Waals surface area contributed by atoms with Gasteiger partial charge in [-0.05, 0) is 48.9 Å². The number of carbonyl (C=O) groups excluding carboxylic acids is 2. The van der Waals surface area contributed by atoms with Gasteiger partial charge in [0, 0.05) is 16.3 Å². The minimum Gasteiger partial charge on any atom is -0.497 e. The molecule has 0 aliphatic rings. The standard InChI is InChI=1S/C17H17ClN2O3/c1-11-3-6-13(9-15(11)18)20-16(21)10-19-17(22)12-4-7-14(23-2)8-5-12/h3-9H,10H2,1-2H3,(H,19,22)(H,20,21). The van der Waals surface area contributed by atoms with Crippen LogP contribution in [-0.4, -0.2) is 25.5 Å². The van der Waals surface area contributed by atoms with Gasteiger partial charge in [-0.3, -0.25) is 9.59 Å². The van der Waals surface area contributed by atoms with Gasteiger partial charge in [-0.2, -0.15) is 0 Å². The van der Waals surface area contributed by atoms with Crippen molar-refractivity contribution in [2.24, 2.45) is 0 Å². The van der Waals surface area contributed by atoms with E-state index in [1.165, 1.54) is 0 Å². The first-order valence-corrected chi connectivity index (χ1v) is 7.35. The molecule has 2 rings (SSSR count). The minimum atomic E-state index is -0.329. The van der Waals surface area contributed by atoms with Crippen LogP contribution in [0.2, 0.25) is 5.02 Å². The molecule has 0 aliphatic carbocycles. The summed E-state index contributed by atoms with van der Waals surface area (Å²) in [7, 11) is 1.55. The van der Waals surface area contributed by atoms with Crippen LogP contribution in [0.4, 0.5) is 5.69 Å². The normalized spacial score (nSPS) is 10.0. The highest BCUT2D eigenvalue weighted by atomic mass is 35.5. The molecule has 0 radical (unpaired) electrons. The fourth-order valence-electron chi connectivity index (χ4n) is 1.88. The third-order valence-electron chi connectivity index (χ3n) is 3.22. The summed E-state index contributed by atoms with van der Waals surface area (Å²) in [5.74, 6) is 0.00654. The Bertz CT molecular complexity index is 714. The minimum absolute atomic E-state index is 0.129. The lowest BCUT2D eigenvalue weighted by Gasteiger charge is -2.08. The van der Waals surface area contributed by atoms with Crippen LogP contribution in [0.5, 0.6) is 5.75 Å². The van der Waals surface area contributed by atoms with Crippen LogP contribution in [0, 0.1) is 6.92 Å². The predicted molar refractivity (Wildman–Crippen MR) is 90.1 cm³/mol. The molecule has 0 spiro atoms. The highest BCUT2D eigenvalue weighted by molar-refractivity contribution is 6.31. The quantitative estimate of drug-likeness (QED) is 0.884. The van der Waals surface area contributed by atoms with E-state index in [2.05, 4.69) is 10.6 Å². The molecule has 23 heavy (non-hydrogen) atoms. The molecule has 6 heteroatoms. The molecule has 0 heterocycles. The van der Waals surface area contributed by atoms with Crippen LogP contribution in [0.25, 0.3) is 0 Å². The van der Waals surface area contributed by atoms with Crippen molar-refractivity contribution in [2.45, 2.75) is 6.92 Å². The first-order chi connectivity index (χ1) is 11.0. The lowest BCUT2D eigenvalue weighted by molar-refractivity contribution is -0.115. The maximum absolute atomic E-state index is 11.9. The average Bonchev–Trinajstić information content (AvgIpc) is 2.56. The number of carbonyl (C=O) groups is 2. The van der Waals surface area contributed by atoms with E-state index in [1.807, 2.05) is 13.0 Å². The van der Waals surface area contributed by atoms with Gasteiger partial charge in [-0.1, -0.05) is 17.7 Å². The summed E-state index contributed by atoms with van der Waals surface area (Å²) in [6, 6.07) is 11.9. The van der Waals surface area contributed by atoms with Crippen molar-refractivity contribution in [3.63, 3.8) is 0 Å². The van der Waals surface area contributed by atoms with Crippen LogP contribution < -0.4 is 15.4 Å². The molecule has 2 N–H and O–H groups in total. The zero-order valence-corrected chi connectivity index (χ0v) is 13.6. The summed E-state index contributed by atoms with van der Waals surface area (Å²) in [5, 5.41) is 5.81. The maximum Gasteiger partial charge on any atom is 0.251 e. The van der Waals surface area contributed by atoms with Gasteiger partial charge < -0.3 is 15.4 Å². The molecule has 0 saturated carbocycles. The van der Waals surface area contributed by atoms with E-state index in [1.54, 1.807) is 43.5 Å². The van der Waals surface area contributed by atoms with Gasteiger partial charge in [0.25, 0.3) is 5.91 Å². The van der Waals surface area contributed by atoms with Crippen molar-refractivity contribution in [2.75, 3.05) is 19.0 Å². The Balaban J connectivity index is 1.87. The third-order valence-corrected chi connectivity index (χ3v) is 3.62. The van der Waals surface area contributed by atoms with Crippen molar-refractivity contribution >= 4 is 29.1 Å². The number of benzene rings is 2. The molecule has 0 unspecified atom stereocenters. The Morgan fingerprint density at radius 3 is 2.43 bits per heavy atom. The molecule has 0 fully saturated rings. The maximum atomic E-state index is 11.9. The molecule has 2 aromatic rings. The van der Waals surface area contributed by atoms with E-state index in [9.17, 15) is 9.59 Å². The number of methoxy groups -OCH3 is 1. The molecular formula is C17H17ClN2O3. The summed E-state index contributed by atoms with van der Waals surface area (Å²) in [5.41, 5.74) is 1.97. The third kappa shape index (κ3) is 4.72. The molecule has 2 amide bonds. The van der Waals surface area contributed by atoms with Crippen molar-refractivity contribution in [3.8, 4) is 5.75 Å². The Labute approximate surface area is 139 Å². The highest BCUT2D eigenvalue weighted by Crippen LogP contribution is 2.19. The van der Waals surface area contributed by atoms with Crippen LogP contribution >= 0.6 is 11.6 Å². The number of halogens is 1. The number of aryl methyl sites for hydroxylation is 1. The lowest BCUT2D eigenvalue weighted by Crippen LogP contribution is -2.32. The van der Waals surface area contributed by atoms with Gasteiger partial charge in [0.15, 0.2) is 0 Å². The summed E-state index contributed by atoms with van der Waals surface area (Å²) >= 11 is 6.00. The number of nitrogens with one attached hydrogen (secondary N) is 2. The van der Waals surface area contributed by atoms with E-state index in [0.717, 1.165) is 5.56 Å². The topological polar surface area (TPSA) is 67.4 Å². The predicted octanol–water partition coefficient (Wildman–Crippen LogP) is 3.03. The Hall–Kier alpha value is -2.53. The molecule has 120 valence electrons. The van der Waals surface area contributed by atoms with Gasteiger partial charge in [-0.25, -0.2) is 0 Å². The zero-order chi connectivity index (χ0) is 16.8. The van der Waals surface area contributed by atoms with Crippen LogP contribution in [0.3, 0.4) is 0 Å². The Kier molecular flexibility index (Phi) is 5.60. The van der Waals surface area contributed by atoms with Crippen LogP contribution in [0.15, 0.2) is 42.5 Å². The van der Waals surface area contributed by atoms with Gasteiger partial charge in [0.1, 0.15) is 5.75 Å². The Morgan fingerprint density at radius 2 is 1.83 bits per heavy atom. The number of hydrogen-bond acceptors (Lipinski definition) is 3. The van der Waals surface area contributed by atoms with Crippen molar-refractivity contribution in [3.05, 3.63) is 58.6 Å². The molecule has 0 aliphatic heterocycles. The summed E-state index contributed by atoms with van der Waals surface area (Å²) in [6.45, 7) is 1.75. The van der Waals surface area contributed by atoms with Gasteiger partial charge in [0.2, 0.25) is 5.91 Å². The number of anilines is 1. The second-order valence-corrected chi connectivity index (χ2v) is 5.33. The first-order valence-electron chi connectivity index (χ1n) is 6.98. The molecule has 0 aromatic heterocycles. The van der Waals surface area contributed by atoms with E-state index in [-0.39, 0.29) is 18.4 Å². The van der Waals surface area contributed by atoms with Gasteiger partial charge >= 0.3 is 0 Å². The smallest absolute Gasteiger partial charge is 0.251 e. The van der Waals surface area contributed by atoms with Crippen molar-refractivity contribution in [1.29, 1.82) is 0 Å². The monoisotopic (exact) mass is 332 g/mol. The fraction of sp³-hybridized carbons (Fsp3) is 0.176. The molecule has 0 atom stereocenters. The first kappa shape index (κ1) is 16.8. The van der Waals surface area contributed by atoms with Gasteiger partial charge in [0.05, 0.1) is 13.7 Å². The van der Waals surface area contributed by atoms with Crippen LogP contribution in [-0.2, 0) is 4.79 Å². The second kappa shape index (κ2) is 7.65. The van der Waals surface area contributed by atoms with E-state index >= 15 is 0 Å². The SMILES string of the molecule is COc1ccc(C(=O)NCC(=O)Nc2ccc(C)c(Cl)c2)cc1. The fourth-order valence-corrected chi connectivity index (χ4v) is 2.06. The summed E-state index contributed by atoms with van der Waals surface area (Å²) in [6.07, 6.45) is 0. The van der Waals surface area contributed by atoms with E-state index in [4.69, 9.17) is 16.3 Å².